The topological polar surface area (TPSA) is 48.9 Å². The van der Waals surface area contributed by atoms with Crippen molar-refractivity contribution >= 4 is 29.9 Å². The molecule has 0 aliphatic carbocycles. The molecule has 0 radical (unpaired) electrons. The molecule has 0 unspecified atom stereocenters. The molecule has 6 heteroatoms. The van der Waals surface area contributed by atoms with Crippen molar-refractivity contribution in [1.29, 1.82) is 0 Å². The van der Waals surface area contributed by atoms with E-state index in [1.54, 1.807) is 7.11 Å². The van der Waals surface area contributed by atoms with E-state index in [0.29, 0.717) is 11.5 Å². The van der Waals surface area contributed by atoms with Crippen molar-refractivity contribution in [3.05, 3.63) is 0 Å². The summed E-state index contributed by atoms with van der Waals surface area (Å²) in [5, 5.41) is 7.03. The predicted molar refractivity (Wildman–Crippen MR) is 115 cm³/mol. The fraction of sp³-hybridized carbons (Fsp3) is 0.944. The second-order valence-corrected chi connectivity index (χ2v) is 7.77. The number of methoxy groups -OCH3 is 1. The maximum atomic E-state index is 5.13. The minimum absolute atomic E-state index is 0. The lowest BCUT2D eigenvalue weighted by molar-refractivity contribution is 0.155. The third-order valence-corrected chi connectivity index (χ3v) is 4.37. The minimum Gasteiger partial charge on any atom is -0.385 e. The minimum atomic E-state index is 0. The van der Waals surface area contributed by atoms with Crippen LogP contribution in [0.25, 0.3) is 0 Å². The molecule has 0 atom stereocenters. The zero-order valence-electron chi connectivity index (χ0n) is 16.4. The Balaban J connectivity index is 0.00000529. The summed E-state index contributed by atoms with van der Waals surface area (Å²) in [7, 11) is 3.63. The van der Waals surface area contributed by atoms with Gasteiger partial charge in [0.25, 0.3) is 0 Å². The molecule has 1 rings (SSSR count). The van der Waals surface area contributed by atoms with Gasteiger partial charge < -0.3 is 20.3 Å². The van der Waals surface area contributed by atoms with Gasteiger partial charge in [0.2, 0.25) is 0 Å². The van der Waals surface area contributed by atoms with Gasteiger partial charge in [-0.3, -0.25) is 4.99 Å². The molecule has 0 bridgehead atoms. The number of piperidine rings is 1. The summed E-state index contributed by atoms with van der Waals surface area (Å²) in [6, 6.07) is 0.544. The lowest BCUT2D eigenvalue weighted by atomic mass is 9.91. The van der Waals surface area contributed by atoms with Gasteiger partial charge >= 0.3 is 0 Å². The van der Waals surface area contributed by atoms with Gasteiger partial charge in [-0.05, 0) is 37.5 Å². The largest absolute Gasteiger partial charge is 0.385 e. The van der Waals surface area contributed by atoms with E-state index < -0.39 is 0 Å². The van der Waals surface area contributed by atoms with Crippen molar-refractivity contribution in [3.63, 3.8) is 0 Å². The molecule has 2 N–H and O–H groups in total. The van der Waals surface area contributed by atoms with Gasteiger partial charge in [0.05, 0.1) is 0 Å². The summed E-state index contributed by atoms with van der Waals surface area (Å²) < 4.78 is 5.13. The number of rotatable bonds is 8. The summed E-state index contributed by atoms with van der Waals surface area (Å²) in [6.07, 6.45) is 5.93. The van der Waals surface area contributed by atoms with E-state index in [4.69, 9.17) is 4.74 Å². The third kappa shape index (κ3) is 11.5. The van der Waals surface area contributed by atoms with E-state index in [1.807, 2.05) is 7.05 Å². The summed E-state index contributed by atoms with van der Waals surface area (Å²) in [4.78, 5) is 6.90. The van der Waals surface area contributed by atoms with Gasteiger partial charge in [0.1, 0.15) is 0 Å². The molecule has 0 aromatic heterocycles. The summed E-state index contributed by atoms with van der Waals surface area (Å²) >= 11 is 0. The van der Waals surface area contributed by atoms with Crippen LogP contribution in [0.3, 0.4) is 0 Å². The van der Waals surface area contributed by atoms with E-state index >= 15 is 0 Å². The predicted octanol–water partition coefficient (Wildman–Crippen LogP) is 3.10. The van der Waals surface area contributed by atoms with E-state index in [2.05, 4.69) is 41.3 Å². The number of likely N-dealkylation sites (tertiary alicyclic amines) is 1. The van der Waals surface area contributed by atoms with Crippen molar-refractivity contribution < 1.29 is 4.74 Å². The molecular formula is C18H39IN4O. The highest BCUT2D eigenvalue weighted by atomic mass is 127. The second kappa shape index (κ2) is 13.2. The van der Waals surface area contributed by atoms with E-state index in [-0.39, 0.29) is 24.0 Å². The van der Waals surface area contributed by atoms with Crippen molar-refractivity contribution in [2.75, 3.05) is 46.9 Å². The number of ether oxygens (including phenoxy) is 1. The molecule has 144 valence electrons. The summed E-state index contributed by atoms with van der Waals surface area (Å²) in [6.45, 7) is 12.2. The molecule has 1 saturated heterocycles. The van der Waals surface area contributed by atoms with Crippen LogP contribution in [0, 0.1) is 5.41 Å². The lowest BCUT2D eigenvalue weighted by Crippen LogP contribution is -2.49. The molecule has 0 amide bonds. The number of hydrogen-bond acceptors (Lipinski definition) is 3. The van der Waals surface area contributed by atoms with Crippen LogP contribution in [0.15, 0.2) is 4.99 Å². The fourth-order valence-electron chi connectivity index (χ4n) is 2.95. The Morgan fingerprint density at radius 2 is 1.88 bits per heavy atom. The van der Waals surface area contributed by atoms with Crippen LogP contribution < -0.4 is 10.6 Å². The normalized spacial score (nSPS) is 17.5. The number of nitrogens with one attached hydrogen (secondary N) is 2. The average Bonchev–Trinajstić information content (AvgIpc) is 2.51. The Hall–Kier alpha value is -0.0800. The molecule has 0 spiro atoms. The Morgan fingerprint density at radius 3 is 2.42 bits per heavy atom. The van der Waals surface area contributed by atoms with Crippen LogP contribution in [-0.2, 0) is 4.74 Å². The standard InChI is InChI=1S/C18H38N4O.HI/c1-18(2,3)10-6-11-20-17(19-4)21-16-8-13-22(14-9-16)12-7-15-23-5;/h16H,6-15H2,1-5H3,(H2,19,20,21);1H. The second-order valence-electron chi connectivity index (χ2n) is 7.77. The van der Waals surface area contributed by atoms with E-state index in [1.165, 1.54) is 38.8 Å². The SMILES string of the molecule is CN=C(NCCCC(C)(C)C)NC1CCN(CCCOC)CC1.I. The average molecular weight is 454 g/mol. The monoisotopic (exact) mass is 454 g/mol. The maximum Gasteiger partial charge on any atom is 0.191 e. The molecule has 24 heavy (non-hydrogen) atoms. The highest BCUT2D eigenvalue weighted by Gasteiger charge is 2.19. The quantitative estimate of drug-likeness (QED) is 0.256. The Bertz CT molecular complexity index is 336. The summed E-state index contributed by atoms with van der Waals surface area (Å²) in [5.74, 6) is 0.955. The zero-order chi connectivity index (χ0) is 17.1. The number of nitrogens with zero attached hydrogens (tertiary/aromatic N) is 2. The fourth-order valence-corrected chi connectivity index (χ4v) is 2.95. The van der Waals surface area contributed by atoms with Gasteiger partial charge in [0.15, 0.2) is 5.96 Å². The molecule has 0 saturated carbocycles. The Morgan fingerprint density at radius 1 is 1.21 bits per heavy atom. The van der Waals surface area contributed by atoms with Gasteiger partial charge in [-0.2, -0.15) is 0 Å². The van der Waals surface area contributed by atoms with Crippen LogP contribution in [0.4, 0.5) is 0 Å². The van der Waals surface area contributed by atoms with E-state index in [9.17, 15) is 0 Å². The number of guanidine groups is 1. The van der Waals surface area contributed by atoms with Crippen molar-refractivity contribution in [2.45, 2.75) is 58.9 Å². The molecular weight excluding hydrogens is 415 g/mol. The van der Waals surface area contributed by atoms with Crippen LogP contribution in [0.1, 0.15) is 52.9 Å². The number of hydrogen-bond donors (Lipinski definition) is 2. The molecule has 0 aromatic rings. The van der Waals surface area contributed by atoms with Crippen LogP contribution in [0.2, 0.25) is 0 Å². The van der Waals surface area contributed by atoms with Gasteiger partial charge in [-0.25, -0.2) is 0 Å². The van der Waals surface area contributed by atoms with Crippen molar-refractivity contribution in [2.24, 2.45) is 10.4 Å². The summed E-state index contributed by atoms with van der Waals surface area (Å²) in [5.41, 5.74) is 0.411. The first-order valence-electron chi connectivity index (χ1n) is 9.13. The van der Waals surface area contributed by atoms with Crippen LogP contribution >= 0.6 is 24.0 Å². The molecule has 5 nitrogen and oxygen atoms in total. The molecule has 0 aromatic carbocycles. The highest BCUT2D eigenvalue weighted by Crippen LogP contribution is 2.19. The van der Waals surface area contributed by atoms with Gasteiger partial charge in [-0.1, -0.05) is 20.8 Å². The number of halogens is 1. The van der Waals surface area contributed by atoms with E-state index in [0.717, 1.165) is 32.1 Å². The van der Waals surface area contributed by atoms with Crippen LogP contribution in [-0.4, -0.2) is 63.8 Å². The van der Waals surface area contributed by atoms with Crippen LogP contribution in [0.5, 0.6) is 0 Å². The van der Waals surface area contributed by atoms with Gasteiger partial charge in [0, 0.05) is 53.0 Å². The first kappa shape index (κ1) is 23.9. The number of aliphatic imine (C=N–C) groups is 1. The molecule has 1 heterocycles. The first-order chi connectivity index (χ1) is 10.9. The third-order valence-electron chi connectivity index (χ3n) is 4.37. The Kier molecular flexibility index (Phi) is 13.1. The first-order valence-corrected chi connectivity index (χ1v) is 9.13. The Labute approximate surface area is 166 Å². The zero-order valence-corrected chi connectivity index (χ0v) is 18.7. The van der Waals surface area contributed by atoms with Crippen molar-refractivity contribution in [3.8, 4) is 0 Å². The van der Waals surface area contributed by atoms with Crippen molar-refractivity contribution in [1.82, 2.24) is 15.5 Å². The molecule has 1 fully saturated rings. The molecule has 1 aliphatic heterocycles. The smallest absolute Gasteiger partial charge is 0.191 e. The highest BCUT2D eigenvalue weighted by molar-refractivity contribution is 14.0. The van der Waals surface area contributed by atoms with Gasteiger partial charge in [-0.15, -0.1) is 24.0 Å². The maximum absolute atomic E-state index is 5.13. The molecule has 1 aliphatic rings. The lowest BCUT2D eigenvalue weighted by Gasteiger charge is -2.33.